The third-order valence-electron chi connectivity index (χ3n) is 3.40. The summed E-state index contributed by atoms with van der Waals surface area (Å²) in [5, 5.41) is 3.38. The Hall–Kier alpha value is -0.840. The second-order valence-electron chi connectivity index (χ2n) is 5.03. The van der Waals surface area contributed by atoms with Crippen LogP contribution in [0.3, 0.4) is 0 Å². The quantitative estimate of drug-likeness (QED) is 0.753. The number of furan rings is 1. The van der Waals surface area contributed by atoms with E-state index in [9.17, 15) is 0 Å². The van der Waals surface area contributed by atoms with Gasteiger partial charge < -0.3 is 14.5 Å². The zero-order chi connectivity index (χ0) is 12.8. The third kappa shape index (κ3) is 3.83. The Bertz CT molecular complexity index is 345. The van der Waals surface area contributed by atoms with Gasteiger partial charge in [-0.2, -0.15) is 0 Å². The van der Waals surface area contributed by atoms with Crippen LogP contribution in [0.15, 0.2) is 16.7 Å². The smallest absolute Gasteiger partial charge is 0.118 e. The number of hydrogen-bond acceptors (Lipinski definition) is 4. The summed E-state index contributed by atoms with van der Waals surface area (Å²) in [5.74, 6) is 1.04. The van der Waals surface area contributed by atoms with Gasteiger partial charge in [-0.3, -0.25) is 4.90 Å². The number of nitrogens with zero attached hydrogens (tertiary/aromatic N) is 1. The fourth-order valence-corrected chi connectivity index (χ4v) is 2.26. The summed E-state index contributed by atoms with van der Waals surface area (Å²) in [6.07, 6.45) is 4.15. The highest BCUT2D eigenvalue weighted by atomic mass is 16.5. The summed E-state index contributed by atoms with van der Waals surface area (Å²) in [6.45, 7) is 6.73. The minimum absolute atomic E-state index is 0.539. The molecular weight excluding hydrogens is 228 g/mol. The highest BCUT2D eigenvalue weighted by molar-refractivity contribution is 5.12. The molecule has 0 amide bonds. The van der Waals surface area contributed by atoms with Gasteiger partial charge in [-0.25, -0.2) is 0 Å². The predicted molar refractivity (Wildman–Crippen MR) is 71.4 cm³/mol. The van der Waals surface area contributed by atoms with Crippen LogP contribution in [0.1, 0.15) is 31.1 Å². The SMILES string of the molecule is CCCNCc1coc(CN(C)C2CCOC2)c1. The lowest BCUT2D eigenvalue weighted by Gasteiger charge is -2.21. The molecular formula is C14H24N2O2. The molecule has 1 aromatic heterocycles. The van der Waals surface area contributed by atoms with Gasteiger partial charge in [0.1, 0.15) is 5.76 Å². The number of ether oxygens (including phenoxy) is 1. The van der Waals surface area contributed by atoms with E-state index in [-0.39, 0.29) is 0 Å². The minimum Gasteiger partial charge on any atom is -0.468 e. The molecule has 1 unspecified atom stereocenters. The van der Waals surface area contributed by atoms with Crippen molar-refractivity contribution in [3.63, 3.8) is 0 Å². The Balaban J connectivity index is 1.78. The molecule has 0 aromatic carbocycles. The number of rotatable bonds is 7. The van der Waals surface area contributed by atoms with Crippen molar-refractivity contribution in [2.75, 3.05) is 26.8 Å². The van der Waals surface area contributed by atoms with Gasteiger partial charge in [0.25, 0.3) is 0 Å². The predicted octanol–water partition coefficient (Wildman–Crippen LogP) is 2.00. The molecule has 1 saturated heterocycles. The van der Waals surface area contributed by atoms with Crippen LogP contribution in [0.25, 0.3) is 0 Å². The first kappa shape index (κ1) is 13.6. The van der Waals surface area contributed by atoms with Gasteiger partial charge in [0.15, 0.2) is 0 Å². The van der Waals surface area contributed by atoms with Crippen molar-refractivity contribution in [1.29, 1.82) is 0 Å². The zero-order valence-corrected chi connectivity index (χ0v) is 11.4. The first-order valence-corrected chi connectivity index (χ1v) is 6.84. The maximum absolute atomic E-state index is 5.60. The Morgan fingerprint density at radius 1 is 1.50 bits per heavy atom. The molecule has 102 valence electrons. The third-order valence-corrected chi connectivity index (χ3v) is 3.40. The fraction of sp³-hybridized carbons (Fsp3) is 0.714. The molecule has 0 saturated carbocycles. The van der Waals surface area contributed by atoms with Crippen LogP contribution in [-0.2, 0) is 17.8 Å². The number of nitrogens with one attached hydrogen (secondary N) is 1. The van der Waals surface area contributed by atoms with Gasteiger partial charge in [0.05, 0.1) is 19.4 Å². The Morgan fingerprint density at radius 2 is 2.39 bits per heavy atom. The van der Waals surface area contributed by atoms with E-state index < -0.39 is 0 Å². The van der Waals surface area contributed by atoms with Gasteiger partial charge >= 0.3 is 0 Å². The van der Waals surface area contributed by atoms with Gasteiger partial charge in [0.2, 0.25) is 0 Å². The molecule has 2 rings (SSSR count). The van der Waals surface area contributed by atoms with E-state index >= 15 is 0 Å². The monoisotopic (exact) mass is 252 g/mol. The van der Waals surface area contributed by atoms with Crippen molar-refractivity contribution >= 4 is 0 Å². The van der Waals surface area contributed by atoms with Crippen LogP contribution in [-0.4, -0.2) is 37.7 Å². The van der Waals surface area contributed by atoms with E-state index in [0.717, 1.165) is 51.4 Å². The molecule has 0 aliphatic carbocycles. The normalized spacial score (nSPS) is 19.8. The van der Waals surface area contributed by atoms with Crippen LogP contribution >= 0.6 is 0 Å². The van der Waals surface area contributed by atoms with Crippen molar-refractivity contribution in [2.24, 2.45) is 0 Å². The molecule has 0 bridgehead atoms. The van der Waals surface area contributed by atoms with Crippen LogP contribution in [0.4, 0.5) is 0 Å². The van der Waals surface area contributed by atoms with E-state index in [1.54, 1.807) is 0 Å². The average molecular weight is 252 g/mol. The molecule has 1 atom stereocenters. The Kier molecular flexibility index (Phi) is 5.23. The Morgan fingerprint density at radius 3 is 3.11 bits per heavy atom. The lowest BCUT2D eigenvalue weighted by Crippen LogP contribution is -2.31. The average Bonchev–Trinajstić information content (AvgIpc) is 3.00. The van der Waals surface area contributed by atoms with Crippen LogP contribution in [0.2, 0.25) is 0 Å². The largest absolute Gasteiger partial charge is 0.468 e. The van der Waals surface area contributed by atoms with Crippen LogP contribution < -0.4 is 5.32 Å². The molecule has 4 heteroatoms. The molecule has 1 fully saturated rings. The van der Waals surface area contributed by atoms with Gasteiger partial charge in [-0.1, -0.05) is 6.92 Å². The first-order valence-electron chi connectivity index (χ1n) is 6.84. The second-order valence-corrected chi connectivity index (χ2v) is 5.03. The van der Waals surface area contributed by atoms with E-state index in [0.29, 0.717) is 6.04 Å². The van der Waals surface area contributed by atoms with Crippen molar-refractivity contribution in [3.8, 4) is 0 Å². The van der Waals surface area contributed by atoms with Crippen LogP contribution in [0.5, 0.6) is 0 Å². The number of likely N-dealkylation sites (N-methyl/N-ethyl adjacent to an activating group) is 1. The maximum Gasteiger partial charge on any atom is 0.118 e. The summed E-state index contributed by atoms with van der Waals surface area (Å²) < 4.78 is 11.0. The van der Waals surface area contributed by atoms with Crippen molar-refractivity contribution < 1.29 is 9.15 Å². The van der Waals surface area contributed by atoms with E-state index in [4.69, 9.17) is 9.15 Å². The molecule has 1 aliphatic heterocycles. The summed E-state index contributed by atoms with van der Waals surface area (Å²) in [6, 6.07) is 2.69. The molecule has 1 N–H and O–H groups in total. The topological polar surface area (TPSA) is 37.6 Å². The lowest BCUT2D eigenvalue weighted by atomic mass is 10.2. The fourth-order valence-electron chi connectivity index (χ4n) is 2.26. The number of hydrogen-bond donors (Lipinski definition) is 1. The van der Waals surface area contributed by atoms with Crippen molar-refractivity contribution in [2.45, 2.75) is 38.9 Å². The summed E-state index contributed by atoms with van der Waals surface area (Å²) in [4.78, 5) is 2.31. The van der Waals surface area contributed by atoms with Gasteiger partial charge in [-0.15, -0.1) is 0 Å². The molecule has 0 radical (unpaired) electrons. The van der Waals surface area contributed by atoms with E-state index in [2.05, 4.69) is 30.3 Å². The van der Waals surface area contributed by atoms with Gasteiger partial charge in [-0.05, 0) is 32.5 Å². The van der Waals surface area contributed by atoms with Crippen LogP contribution in [0, 0.1) is 0 Å². The molecule has 2 heterocycles. The summed E-state index contributed by atoms with van der Waals surface area (Å²) in [7, 11) is 2.14. The maximum atomic E-state index is 5.60. The zero-order valence-electron chi connectivity index (χ0n) is 11.4. The van der Waals surface area contributed by atoms with E-state index in [1.165, 1.54) is 5.56 Å². The second kappa shape index (κ2) is 6.92. The molecule has 1 aliphatic rings. The first-order chi connectivity index (χ1) is 8.79. The summed E-state index contributed by atoms with van der Waals surface area (Å²) in [5.41, 5.74) is 1.23. The summed E-state index contributed by atoms with van der Waals surface area (Å²) >= 11 is 0. The molecule has 4 nitrogen and oxygen atoms in total. The molecule has 0 spiro atoms. The van der Waals surface area contributed by atoms with Crippen molar-refractivity contribution in [1.82, 2.24) is 10.2 Å². The lowest BCUT2D eigenvalue weighted by molar-refractivity contribution is 0.152. The van der Waals surface area contributed by atoms with E-state index in [1.807, 2.05) is 6.26 Å². The highest BCUT2D eigenvalue weighted by Crippen LogP contribution is 2.15. The van der Waals surface area contributed by atoms with Gasteiger partial charge in [0, 0.05) is 24.8 Å². The minimum atomic E-state index is 0.539. The standard InChI is InChI=1S/C14H24N2O2/c1-3-5-15-8-12-7-14(18-10-12)9-16(2)13-4-6-17-11-13/h7,10,13,15H,3-6,8-9,11H2,1-2H3. The Labute approximate surface area is 109 Å². The molecule has 1 aromatic rings. The molecule has 18 heavy (non-hydrogen) atoms. The van der Waals surface area contributed by atoms with Crippen molar-refractivity contribution in [3.05, 3.63) is 23.7 Å². The highest BCUT2D eigenvalue weighted by Gasteiger charge is 2.20.